The van der Waals surface area contributed by atoms with E-state index in [1.54, 1.807) is 7.11 Å². The van der Waals surface area contributed by atoms with Crippen molar-refractivity contribution in [2.45, 2.75) is 37.5 Å². The monoisotopic (exact) mass is 446 g/mol. The van der Waals surface area contributed by atoms with Crippen LogP contribution in [0.25, 0.3) is 0 Å². The molecule has 1 aromatic heterocycles. The van der Waals surface area contributed by atoms with Gasteiger partial charge in [0.05, 0.1) is 26.8 Å². The maximum absolute atomic E-state index is 11.8. The van der Waals surface area contributed by atoms with Crippen LogP contribution in [0, 0.1) is 5.92 Å². The highest BCUT2D eigenvalue weighted by Crippen LogP contribution is 2.38. The van der Waals surface area contributed by atoms with Gasteiger partial charge in [-0.15, -0.1) is 0 Å². The number of carbonyl (C=O) groups excluding carboxylic acids is 1. The lowest BCUT2D eigenvalue weighted by molar-refractivity contribution is -0.192. The fraction of sp³-hybridized carbons (Fsp3) is 0.684. The summed E-state index contributed by atoms with van der Waals surface area (Å²) in [5, 5.41) is 7.12. The Morgan fingerprint density at radius 3 is 2.61 bits per heavy atom. The van der Waals surface area contributed by atoms with Gasteiger partial charge in [0.25, 0.3) is 0 Å². The molecule has 1 spiro atoms. The minimum absolute atomic E-state index is 0.0380. The molecule has 0 saturated carbocycles. The second-order valence-electron chi connectivity index (χ2n) is 7.92. The number of carbonyl (C=O) groups is 2. The molecule has 1 unspecified atom stereocenters. The van der Waals surface area contributed by atoms with Gasteiger partial charge in [0.1, 0.15) is 17.7 Å². The van der Waals surface area contributed by atoms with E-state index in [4.69, 9.17) is 19.4 Å². The topological polar surface area (TPSA) is 105 Å². The number of rotatable bonds is 4. The number of aromatic nitrogens is 2. The first-order valence-corrected chi connectivity index (χ1v) is 9.95. The van der Waals surface area contributed by atoms with Crippen LogP contribution in [-0.4, -0.2) is 83.5 Å². The minimum Gasteiger partial charge on any atom is -0.481 e. The highest BCUT2D eigenvalue weighted by atomic mass is 19.4. The Balaban J connectivity index is 0.000000339. The number of ether oxygens (including phenoxy) is 2. The van der Waals surface area contributed by atoms with E-state index in [9.17, 15) is 18.0 Å². The van der Waals surface area contributed by atoms with E-state index in [0.717, 1.165) is 64.3 Å². The summed E-state index contributed by atoms with van der Waals surface area (Å²) < 4.78 is 43.1. The van der Waals surface area contributed by atoms with Crippen LogP contribution >= 0.6 is 0 Å². The van der Waals surface area contributed by atoms with Crippen molar-refractivity contribution in [1.82, 2.24) is 14.9 Å². The highest BCUT2D eigenvalue weighted by molar-refractivity contribution is 5.78. The Morgan fingerprint density at radius 2 is 2.10 bits per heavy atom. The molecule has 1 aromatic rings. The molecule has 0 radical (unpaired) electrons. The van der Waals surface area contributed by atoms with Gasteiger partial charge >= 0.3 is 12.1 Å². The number of amides is 1. The van der Waals surface area contributed by atoms with E-state index >= 15 is 0 Å². The van der Waals surface area contributed by atoms with Gasteiger partial charge in [0.2, 0.25) is 11.8 Å². The number of carboxylic acids is 1. The average Bonchev–Trinajstić information content (AvgIpc) is 3.11. The van der Waals surface area contributed by atoms with Gasteiger partial charge in [-0.2, -0.15) is 13.2 Å². The molecule has 9 nitrogen and oxygen atoms in total. The Hall–Kier alpha value is -2.63. The van der Waals surface area contributed by atoms with Crippen molar-refractivity contribution in [3.05, 3.63) is 12.4 Å². The molecule has 4 heterocycles. The fourth-order valence-corrected chi connectivity index (χ4v) is 3.95. The van der Waals surface area contributed by atoms with Gasteiger partial charge in [-0.1, -0.05) is 0 Å². The molecule has 1 N–H and O–H groups in total. The average molecular weight is 446 g/mol. The molecule has 3 fully saturated rings. The van der Waals surface area contributed by atoms with Crippen molar-refractivity contribution in [3.8, 4) is 5.88 Å². The highest BCUT2D eigenvalue weighted by Gasteiger charge is 2.47. The number of carboxylic acid groups (broad SMARTS) is 1. The molecule has 172 valence electrons. The van der Waals surface area contributed by atoms with Crippen LogP contribution in [0.1, 0.15) is 25.7 Å². The lowest BCUT2D eigenvalue weighted by Crippen LogP contribution is -2.65. The smallest absolute Gasteiger partial charge is 0.481 e. The van der Waals surface area contributed by atoms with Crippen molar-refractivity contribution in [2.24, 2.45) is 5.92 Å². The van der Waals surface area contributed by atoms with Gasteiger partial charge in [-0.3, -0.25) is 4.79 Å². The van der Waals surface area contributed by atoms with Gasteiger partial charge in [0, 0.05) is 31.5 Å². The summed E-state index contributed by atoms with van der Waals surface area (Å²) in [4.78, 5) is 33.2. The van der Waals surface area contributed by atoms with Crippen LogP contribution in [-0.2, 0) is 14.3 Å². The van der Waals surface area contributed by atoms with Gasteiger partial charge < -0.3 is 24.4 Å². The number of alkyl halides is 3. The molecule has 0 aliphatic carbocycles. The Morgan fingerprint density at radius 1 is 1.39 bits per heavy atom. The molecule has 1 amide bonds. The van der Waals surface area contributed by atoms with Crippen LogP contribution in [0.4, 0.5) is 19.0 Å². The number of nitrogens with zero attached hydrogens (tertiary/aromatic N) is 4. The maximum Gasteiger partial charge on any atom is 0.490 e. The largest absolute Gasteiger partial charge is 0.490 e. The second kappa shape index (κ2) is 9.25. The molecular formula is C19H25F3N4O5. The number of anilines is 1. The lowest BCUT2D eigenvalue weighted by Gasteiger charge is -2.53. The first kappa shape index (κ1) is 23.0. The van der Waals surface area contributed by atoms with Crippen LogP contribution in [0.3, 0.4) is 0 Å². The van der Waals surface area contributed by atoms with Crippen molar-refractivity contribution >= 4 is 17.7 Å². The quantitative estimate of drug-likeness (QED) is 0.746. The van der Waals surface area contributed by atoms with E-state index < -0.39 is 12.1 Å². The standard InChI is InChI=1S/C17H24N4O3.C2HF3O2/c1-23-15-7-14(18-12-19-15)21-10-17(11-21)5-4-13(9-24-17)8-20-6-2-3-16(20)22;3-2(4,5)1(6)7/h7,12-13H,2-6,8-11H2,1H3;(H,6,7). The summed E-state index contributed by atoms with van der Waals surface area (Å²) in [7, 11) is 1.61. The van der Waals surface area contributed by atoms with Crippen LogP contribution in [0.2, 0.25) is 0 Å². The second-order valence-corrected chi connectivity index (χ2v) is 7.92. The molecule has 0 aromatic carbocycles. The minimum atomic E-state index is -5.08. The first-order chi connectivity index (χ1) is 14.6. The van der Waals surface area contributed by atoms with E-state index in [1.165, 1.54) is 6.33 Å². The van der Waals surface area contributed by atoms with Gasteiger partial charge in [-0.25, -0.2) is 14.8 Å². The maximum atomic E-state index is 11.8. The van der Waals surface area contributed by atoms with E-state index in [2.05, 4.69) is 14.9 Å². The van der Waals surface area contributed by atoms with E-state index in [-0.39, 0.29) is 5.60 Å². The summed E-state index contributed by atoms with van der Waals surface area (Å²) >= 11 is 0. The predicted octanol–water partition coefficient (Wildman–Crippen LogP) is 1.73. The van der Waals surface area contributed by atoms with Gasteiger partial charge in [-0.05, 0) is 19.3 Å². The number of methoxy groups -OCH3 is 1. The molecule has 31 heavy (non-hydrogen) atoms. The van der Waals surface area contributed by atoms with Crippen molar-refractivity contribution in [1.29, 1.82) is 0 Å². The first-order valence-electron chi connectivity index (χ1n) is 9.95. The normalized spacial score (nSPS) is 22.6. The summed E-state index contributed by atoms with van der Waals surface area (Å²) in [6.07, 6.45) is 0.357. The van der Waals surface area contributed by atoms with E-state index in [1.807, 2.05) is 11.0 Å². The van der Waals surface area contributed by atoms with Crippen LogP contribution in [0.15, 0.2) is 12.4 Å². The Kier molecular flexibility index (Phi) is 6.87. The predicted molar refractivity (Wildman–Crippen MR) is 102 cm³/mol. The Bertz CT molecular complexity index is 791. The van der Waals surface area contributed by atoms with Crippen LogP contribution < -0.4 is 9.64 Å². The third-order valence-electron chi connectivity index (χ3n) is 5.64. The Labute approximate surface area is 177 Å². The summed E-state index contributed by atoms with van der Waals surface area (Å²) in [6, 6.07) is 1.86. The van der Waals surface area contributed by atoms with Crippen molar-refractivity contribution in [2.75, 3.05) is 44.8 Å². The number of hydrogen-bond donors (Lipinski definition) is 1. The van der Waals surface area contributed by atoms with Crippen molar-refractivity contribution < 1.29 is 37.3 Å². The SMILES string of the molecule is COc1cc(N2CC3(CCC(CN4CCCC4=O)CO3)C2)ncn1.O=C(O)C(F)(F)F. The van der Waals surface area contributed by atoms with Crippen molar-refractivity contribution in [3.63, 3.8) is 0 Å². The molecule has 12 heteroatoms. The summed E-state index contributed by atoms with van der Waals surface area (Å²) in [6.45, 7) is 4.27. The fourth-order valence-electron chi connectivity index (χ4n) is 3.95. The number of halogens is 3. The molecule has 3 aliphatic heterocycles. The molecule has 4 rings (SSSR count). The lowest BCUT2D eigenvalue weighted by atomic mass is 9.83. The molecular weight excluding hydrogens is 421 g/mol. The molecule has 3 saturated heterocycles. The molecule has 0 bridgehead atoms. The molecule has 1 atom stereocenters. The van der Waals surface area contributed by atoms with E-state index in [0.29, 0.717) is 17.7 Å². The number of likely N-dealkylation sites (tertiary alicyclic amines) is 1. The third kappa shape index (κ3) is 5.75. The number of hydrogen-bond acceptors (Lipinski definition) is 7. The number of aliphatic carboxylic acids is 1. The van der Waals surface area contributed by atoms with Crippen LogP contribution in [0.5, 0.6) is 5.88 Å². The summed E-state index contributed by atoms with van der Waals surface area (Å²) in [5.74, 6) is -0.497. The summed E-state index contributed by atoms with van der Waals surface area (Å²) in [5.41, 5.74) is -0.0380. The molecule has 3 aliphatic rings. The zero-order valence-corrected chi connectivity index (χ0v) is 17.1. The van der Waals surface area contributed by atoms with Gasteiger partial charge in [0.15, 0.2) is 0 Å². The zero-order valence-electron chi connectivity index (χ0n) is 17.1. The zero-order chi connectivity index (χ0) is 22.6. The third-order valence-corrected chi connectivity index (χ3v) is 5.64.